The van der Waals surface area contributed by atoms with Gasteiger partial charge in [0.05, 0.1) is 11.4 Å². The Bertz CT molecular complexity index is 1720. The Morgan fingerprint density at radius 3 is 2.49 bits per heavy atom. The lowest BCUT2D eigenvalue weighted by Gasteiger charge is -2.03. The van der Waals surface area contributed by atoms with Crippen molar-refractivity contribution < 1.29 is 4.79 Å². The van der Waals surface area contributed by atoms with E-state index in [1.54, 1.807) is 41.3 Å². The van der Waals surface area contributed by atoms with Crippen molar-refractivity contribution in [3.63, 3.8) is 0 Å². The van der Waals surface area contributed by atoms with E-state index in [4.69, 9.17) is 39.9 Å². The second-order valence-electron chi connectivity index (χ2n) is 8.39. The van der Waals surface area contributed by atoms with E-state index in [0.29, 0.717) is 37.9 Å². The third-order valence-corrected chi connectivity index (χ3v) is 7.45. The molecule has 0 spiro atoms. The maximum atomic E-state index is 13.1. The summed E-state index contributed by atoms with van der Waals surface area (Å²) in [5.41, 5.74) is 3.65. The maximum absolute atomic E-state index is 13.1. The number of halogens is 3. The fourth-order valence-corrected chi connectivity index (χ4v) is 5.24. The second-order valence-corrected chi connectivity index (χ2v) is 10.8. The molecule has 192 valence electrons. The van der Waals surface area contributed by atoms with E-state index in [0.717, 1.165) is 21.7 Å². The van der Waals surface area contributed by atoms with Crippen molar-refractivity contribution in [1.82, 2.24) is 14.8 Å². The number of anilines is 1. The van der Waals surface area contributed by atoms with Crippen molar-refractivity contribution in [3.8, 4) is 23.0 Å². The number of nitriles is 1. The molecule has 2 aromatic heterocycles. The lowest BCUT2D eigenvalue weighted by molar-refractivity contribution is -0.112. The van der Waals surface area contributed by atoms with Gasteiger partial charge in [-0.1, -0.05) is 71.2 Å². The molecule has 1 N–H and O–H groups in total. The van der Waals surface area contributed by atoms with Crippen LogP contribution < -0.4 is 5.32 Å². The first kappa shape index (κ1) is 26.7. The third-order valence-electron chi connectivity index (χ3n) is 5.70. The number of carbonyl (C=O) groups excluding carboxylic acids is 1. The number of rotatable bonds is 7. The molecule has 0 saturated heterocycles. The summed E-state index contributed by atoms with van der Waals surface area (Å²) < 4.78 is 1.71. The standard InChI is InChI=1S/C29H18Cl3N5OS/c30-22-9-6-18(7-10-22)27-21(17-37(36-27)24-4-2-1-3-5-24)12-20(15-33)28(38)35-29-34-16-25(39-29)13-19-8-11-23(31)14-26(19)32/h1-12,14,16-17H,13H2,(H,34,35,38). The number of hydrogen-bond donors (Lipinski definition) is 1. The fourth-order valence-electron chi connectivity index (χ4n) is 3.81. The van der Waals surface area contributed by atoms with Crippen molar-refractivity contribution in [2.75, 3.05) is 5.32 Å². The molecular weight excluding hydrogens is 573 g/mol. The van der Waals surface area contributed by atoms with Gasteiger partial charge < -0.3 is 0 Å². The van der Waals surface area contributed by atoms with E-state index < -0.39 is 5.91 Å². The van der Waals surface area contributed by atoms with Crippen LogP contribution >= 0.6 is 46.1 Å². The lowest BCUT2D eigenvalue weighted by Crippen LogP contribution is -2.13. The summed E-state index contributed by atoms with van der Waals surface area (Å²) in [4.78, 5) is 18.2. The van der Waals surface area contributed by atoms with Crippen LogP contribution in [-0.2, 0) is 11.2 Å². The van der Waals surface area contributed by atoms with Crippen LogP contribution in [-0.4, -0.2) is 20.7 Å². The number of amides is 1. The Kier molecular flexibility index (Phi) is 8.10. The van der Waals surface area contributed by atoms with E-state index in [1.165, 1.54) is 17.4 Å². The number of aromatic nitrogens is 3. The predicted octanol–water partition coefficient (Wildman–Crippen LogP) is 8.09. The molecule has 6 nitrogen and oxygen atoms in total. The van der Waals surface area contributed by atoms with Gasteiger partial charge in [0, 0.05) is 49.9 Å². The van der Waals surface area contributed by atoms with E-state index in [-0.39, 0.29) is 5.57 Å². The first-order chi connectivity index (χ1) is 18.9. The van der Waals surface area contributed by atoms with Crippen LogP contribution in [0.5, 0.6) is 0 Å². The molecule has 10 heteroatoms. The average molecular weight is 591 g/mol. The van der Waals surface area contributed by atoms with Gasteiger partial charge in [0.25, 0.3) is 5.91 Å². The number of para-hydroxylation sites is 1. The van der Waals surface area contributed by atoms with Crippen molar-refractivity contribution >= 4 is 63.3 Å². The zero-order valence-corrected chi connectivity index (χ0v) is 23.2. The number of thiazole rings is 1. The molecule has 0 unspecified atom stereocenters. The Morgan fingerprint density at radius 2 is 1.77 bits per heavy atom. The molecule has 0 atom stereocenters. The quantitative estimate of drug-likeness (QED) is 0.153. The van der Waals surface area contributed by atoms with Crippen LogP contribution in [0, 0.1) is 11.3 Å². The highest BCUT2D eigenvalue weighted by Gasteiger charge is 2.17. The first-order valence-electron chi connectivity index (χ1n) is 11.6. The first-order valence-corrected chi connectivity index (χ1v) is 13.6. The van der Waals surface area contributed by atoms with Crippen LogP contribution in [0.4, 0.5) is 5.13 Å². The molecule has 0 radical (unpaired) electrons. The zero-order chi connectivity index (χ0) is 27.4. The smallest absolute Gasteiger partial charge is 0.268 e. The molecule has 5 aromatic rings. The molecule has 0 aliphatic rings. The van der Waals surface area contributed by atoms with E-state index in [2.05, 4.69) is 10.3 Å². The largest absolute Gasteiger partial charge is 0.297 e. The van der Waals surface area contributed by atoms with Gasteiger partial charge in [-0.25, -0.2) is 9.67 Å². The fraction of sp³-hybridized carbons (Fsp3) is 0.0345. The van der Waals surface area contributed by atoms with Gasteiger partial charge in [0.15, 0.2) is 5.13 Å². The minimum atomic E-state index is -0.572. The van der Waals surface area contributed by atoms with Gasteiger partial charge in [-0.05, 0) is 48.0 Å². The third kappa shape index (κ3) is 6.39. The monoisotopic (exact) mass is 589 g/mol. The van der Waals surface area contributed by atoms with Crippen molar-refractivity contribution in [2.24, 2.45) is 0 Å². The minimum Gasteiger partial charge on any atom is -0.297 e. The summed E-state index contributed by atoms with van der Waals surface area (Å²) in [7, 11) is 0. The van der Waals surface area contributed by atoms with E-state index >= 15 is 0 Å². The summed E-state index contributed by atoms with van der Waals surface area (Å²) in [6.45, 7) is 0. The highest BCUT2D eigenvalue weighted by Crippen LogP contribution is 2.29. The van der Waals surface area contributed by atoms with Crippen LogP contribution in [0.1, 0.15) is 16.0 Å². The molecule has 2 heterocycles. The van der Waals surface area contributed by atoms with Gasteiger partial charge in [0.1, 0.15) is 11.6 Å². The Morgan fingerprint density at radius 1 is 1.03 bits per heavy atom. The summed E-state index contributed by atoms with van der Waals surface area (Å²) in [5, 5.41) is 19.4. The summed E-state index contributed by atoms with van der Waals surface area (Å²) in [6, 6.07) is 24.1. The molecular formula is C29H18Cl3N5OS. The van der Waals surface area contributed by atoms with Crippen LogP contribution in [0.3, 0.4) is 0 Å². The van der Waals surface area contributed by atoms with Gasteiger partial charge in [0.2, 0.25) is 0 Å². The molecule has 1 amide bonds. The molecule has 39 heavy (non-hydrogen) atoms. The summed E-state index contributed by atoms with van der Waals surface area (Å²) in [6.07, 6.45) is 5.51. The van der Waals surface area contributed by atoms with Gasteiger partial charge in [-0.15, -0.1) is 11.3 Å². The molecule has 5 rings (SSSR count). The Hall–Kier alpha value is -3.93. The van der Waals surface area contributed by atoms with Crippen LogP contribution in [0.2, 0.25) is 15.1 Å². The highest BCUT2D eigenvalue weighted by atomic mass is 35.5. The number of nitrogens with zero attached hydrogens (tertiary/aromatic N) is 4. The molecule has 3 aromatic carbocycles. The average Bonchev–Trinajstić information content (AvgIpc) is 3.56. The zero-order valence-electron chi connectivity index (χ0n) is 20.1. The number of nitrogens with one attached hydrogen (secondary N) is 1. The molecule has 0 bridgehead atoms. The van der Waals surface area contributed by atoms with Gasteiger partial charge in [-0.3, -0.25) is 10.1 Å². The normalized spacial score (nSPS) is 11.3. The highest BCUT2D eigenvalue weighted by molar-refractivity contribution is 7.15. The van der Waals surface area contributed by atoms with Crippen LogP contribution in [0.15, 0.2) is 90.8 Å². The van der Waals surface area contributed by atoms with E-state index in [1.807, 2.05) is 54.6 Å². The van der Waals surface area contributed by atoms with Crippen molar-refractivity contribution in [1.29, 1.82) is 5.26 Å². The lowest BCUT2D eigenvalue weighted by atomic mass is 10.1. The topological polar surface area (TPSA) is 83.6 Å². The Balaban J connectivity index is 1.41. The van der Waals surface area contributed by atoms with Gasteiger partial charge >= 0.3 is 0 Å². The second kappa shape index (κ2) is 11.9. The van der Waals surface area contributed by atoms with Crippen LogP contribution in [0.25, 0.3) is 23.0 Å². The molecule has 0 saturated carbocycles. The summed E-state index contributed by atoms with van der Waals surface area (Å²) >= 11 is 19.7. The van der Waals surface area contributed by atoms with Crippen molar-refractivity contribution in [3.05, 3.63) is 122 Å². The number of hydrogen-bond acceptors (Lipinski definition) is 5. The van der Waals surface area contributed by atoms with E-state index in [9.17, 15) is 10.1 Å². The predicted molar refractivity (Wildman–Crippen MR) is 158 cm³/mol. The minimum absolute atomic E-state index is 0.0877. The maximum Gasteiger partial charge on any atom is 0.268 e. The number of carbonyl (C=O) groups is 1. The Labute approximate surface area is 243 Å². The number of benzene rings is 3. The molecule has 0 aliphatic heterocycles. The SMILES string of the molecule is N#CC(=Cc1cn(-c2ccccc2)nc1-c1ccc(Cl)cc1)C(=O)Nc1ncc(Cc2ccc(Cl)cc2Cl)s1. The summed E-state index contributed by atoms with van der Waals surface area (Å²) in [5.74, 6) is -0.572. The van der Waals surface area contributed by atoms with Crippen molar-refractivity contribution in [2.45, 2.75) is 6.42 Å². The van der Waals surface area contributed by atoms with Gasteiger partial charge in [-0.2, -0.15) is 10.4 Å². The molecule has 0 fully saturated rings. The molecule has 0 aliphatic carbocycles.